The molecule has 0 fully saturated rings. The summed E-state index contributed by atoms with van der Waals surface area (Å²) in [5.41, 5.74) is 1.11. The van der Waals surface area contributed by atoms with E-state index >= 15 is 0 Å². The maximum Gasteiger partial charge on any atom is 0.303 e. The van der Waals surface area contributed by atoms with Gasteiger partial charge in [-0.15, -0.1) is 11.8 Å². The fourth-order valence-corrected chi connectivity index (χ4v) is 3.41. The number of hydrogen-bond acceptors (Lipinski definition) is 2. The molecule has 1 unspecified atom stereocenters. The van der Waals surface area contributed by atoms with Gasteiger partial charge in [-0.1, -0.05) is 23.2 Å². The van der Waals surface area contributed by atoms with E-state index in [9.17, 15) is 4.79 Å². The molecule has 1 aromatic carbocycles. The zero-order chi connectivity index (χ0) is 11.7. The lowest BCUT2D eigenvalue weighted by Gasteiger charge is -2.23. The second-order valence-corrected chi connectivity index (χ2v) is 5.73. The van der Waals surface area contributed by atoms with Gasteiger partial charge in [-0.05, 0) is 30.0 Å². The van der Waals surface area contributed by atoms with Crippen LogP contribution >= 0.6 is 35.0 Å². The van der Waals surface area contributed by atoms with Crippen LogP contribution in [0.3, 0.4) is 0 Å². The average molecular weight is 277 g/mol. The molecule has 0 bridgehead atoms. The fraction of sp³-hybridized carbons (Fsp3) is 0.364. The normalized spacial score (nSPS) is 19.2. The fourth-order valence-electron chi connectivity index (χ4n) is 1.82. The Morgan fingerprint density at radius 3 is 2.81 bits per heavy atom. The molecule has 0 aliphatic carbocycles. The molecule has 0 saturated carbocycles. The third-order valence-electron chi connectivity index (χ3n) is 2.55. The molecule has 1 heterocycles. The minimum atomic E-state index is -0.742. The van der Waals surface area contributed by atoms with E-state index in [-0.39, 0.29) is 12.3 Å². The highest BCUT2D eigenvalue weighted by Gasteiger charge is 2.22. The summed E-state index contributed by atoms with van der Waals surface area (Å²) in [7, 11) is 0. The number of aliphatic carboxylic acids is 1. The zero-order valence-electron chi connectivity index (χ0n) is 8.37. The molecule has 1 N–H and O–H groups in total. The Morgan fingerprint density at radius 2 is 2.12 bits per heavy atom. The number of carbonyl (C=O) groups is 1. The van der Waals surface area contributed by atoms with Gasteiger partial charge in [0.25, 0.3) is 0 Å². The topological polar surface area (TPSA) is 37.3 Å². The van der Waals surface area contributed by atoms with E-state index in [0.29, 0.717) is 10.0 Å². The summed E-state index contributed by atoms with van der Waals surface area (Å²) in [6, 6.07) is 3.71. The summed E-state index contributed by atoms with van der Waals surface area (Å²) in [5.74, 6) is 0.276. The standard InChI is InChI=1S/C11H10Cl2O2S/c12-8-3-7-1-6(2-11(14)15)5-16-10(7)4-9(8)13/h3-4,6H,1-2,5H2,(H,14,15). The van der Waals surface area contributed by atoms with Gasteiger partial charge in [-0.25, -0.2) is 0 Å². The van der Waals surface area contributed by atoms with Gasteiger partial charge in [-0.2, -0.15) is 0 Å². The summed E-state index contributed by atoms with van der Waals surface area (Å²) < 4.78 is 0. The first-order chi connectivity index (χ1) is 7.56. The Bertz CT molecular complexity index is 434. The molecule has 0 spiro atoms. The average Bonchev–Trinajstić information content (AvgIpc) is 2.19. The van der Waals surface area contributed by atoms with Crippen molar-refractivity contribution in [3.8, 4) is 0 Å². The van der Waals surface area contributed by atoms with Crippen molar-refractivity contribution in [3.05, 3.63) is 27.7 Å². The van der Waals surface area contributed by atoms with E-state index in [2.05, 4.69) is 0 Å². The van der Waals surface area contributed by atoms with E-state index in [1.165, 1.54) is 0 Å². The predicted octanol–water partition coefficient (Wildman–Crippen LogP) is 3.73. The maximum absolute atomic E-state index is 10.6. The molecular weight excluding hydrogens is 267 g/mol. The van der Waals surface area contributed by atoms with Crippen LogP contribution in [-0.4, -0.2) is 16.8 Å². The molecule has 1 aliphatic rings. The molecule has 2 rings (SSSR count). The molecule has 0 aromatic heterocycles. The summed E-state index contributed by atoms with van der Waals surface area (Å²) in [4.78, 5) is 11.8. The van der Waals surface area contributed by atoms with Crippen molar-refractivity contribution >= 4 is 40.9 Å². The highest BCUT2D eigenvalue weighted by atomic mass is 35.5. The number of benzene rings is 1. The molecule has 1 aliphatic heterocycles. The predicted molar refractivity (Wildman–Crippen MR) is 66.6 cm³/mol. The maximum atomic E-state index is 10.6. The van der Waals surface area contributed by atoms with Crippen LogP contribution in [0.15, 0.2) is 17.0 Å². The largest absolute Gasteiger partial charge is 0.481 e. The number of hydrogen-bond donors (Lipinski definition) is 1. The van der Waals surface area contributed by atoms with Crippen molar-refractivity contribution < 1.29 is 9.90 Å². The monoisotopic (exact) mass is 276 g/mol. The second kappa shape index (κ2) is 4.86. The molecule has 0 amide bonds. The van der Waals surface area contributed by atoms with Gasteiger partial charge in [0.05, 0.1) is 10.0 Å². The van der Waals surface area contributed by atoms with E-state index in [1.54, 1.807) is 11.8 Å². The lowest BCUT2D eigenvalue weighted by atomic mass is 9.97. The number of halogens is 2. The van der Waals surface area contributed by atoms with Gasteiger partial charge < -0.3 is 5.11 Å². The number of carboxylic acid groups (broad SMARTS) is 1. The van der Waals surface area contributed by atoms with Crippen LogP contribution in [0.2, 0.25) is 10.0 Å². The highest BCUT2D eigenvalue weighted by Crippen LogP contribution is 2.38. The van der Waals surface area contributed by atoms with Crippen LogP contribution in [0.1, 0.15) is 12.0 Å². The SMILES string of the molecule is O=C(O)CC1CSc2cc(Cl)c(Cl)cc2C1. The summed E-state index contributed by atoms with van der Waals surface area (Å²) in [5, 5.41) is 9.85. The third-order valence-corrected chi connectivity index (χ3v) is 4.60. The van der Waals surface area contributed by atoms with Crippen LogP contribution in [0.4, 0.5) is 0 Å². The minimum Gasteiger partial charge on any atom is -0.481 e. The first-order valence-corrected chi connectivity index (χ1v) is 6.63. The van der Waals surface area contributed by atoms with Gasteiger partial charge in [-0.3, -0.25) is 4.79 Å². The molecule has 0 radical (unpaired) electrons. The van der Waals surface area contributed by atoms with Gasteiger partial charge in [0, 0.05) is 17.1 Å². The Hall–Kier alpha value is -0.380. The van der Waals surface area contributed by atoms with Crippen LogP contribution < -0.4 is 0 Å². The van der Waals surface area contributed by atoms with Crippen molar-refractivity contribution in [1.29, 1.82) is 0 Å². The van der Waals surface area contributed by atoms with Crippen LogP contribution in [-0.2, 0) is 11.2 Å². The van der Waals surface area contributed by atoms with E-state index in [4.69, 9.17) is 28.3 Å². The number of carboxylic acids is 1. The molecule has 2 nitrogen and oxygen atoms in total. The molecule has 16 heavy (non-hydrogen) atoms. The number of thioether (sulfide) groups is 1. The second-order valence-electron chi connectivity index (χ2n) is 3.85. The summed E-state index contributed by atoms with van der Waals surface area (Å²) >= 11 is 13.5. The number of rotatable bonds is 2. The Kier molecular flexibility index (Phi) is 3.67. The number of fused-ring (bicyclic) bond motifs is 1. The molecule has 5 heteroatoms. The van der Waals surface area contributed by atoms with Crippen molar-refractivity contribution in [2.45, 2.75) is 17.7 Å². The molecular formula is C11H10Cl2O2S. The Labute approximate surface area is 108 Å². The summed E-state index contributed by atoms with van der Waals surface area (Å²) in [6.07, 6.45) is 0.984. The van der Waals surface area contributed by atoms with E-state index in [0.717, 1.165) is 22.6 Å². The molecule has 1 aromatic rings. The van der Waals surface area contributed by atoms with E-state index in [1.807, 2.05) is 12.1 Å². The van der Waals surface area contributed by atoms with Crippen molar-refractivity contribution in [2.75, 3.05) is 5.75 Å². The van der Waals surface area contributed by atoms with Crippen LogP contribution in [0, 0.1) is 5.92 Å². The summed E-state index contributed by atoms with van der Waals surface area (Å²) in [6.45, 7) is 0. The lowest BCUT2D eigenvalue weighted by molar-refractivity contribution is -0.137. The molecule has 86 valence electrons. The first-order valence-electron chi connectivity index (χ1n) is 4.89. The van der Waals surface area contributed by atoms with E-state index < -0.39 is 5.97 Å². The van der Waals surface area contributed by atoms with Gasteiger partial charge in [0.2, 0.25) is 0 Å². The van der Waals surface area contributed by atoms with Crippen molar-refractivity contribution in [2.24, 2.45) is 5.92 Å². The smallest absolute Gasteiger partial charge is 0.303 e. The molecule has 1 atom stereocenters. The Balaban J connectivity index is 2.20. The van der Waals surface area contributed by atoms with Gasteiger partial charge >= 0.3 is 5.97 Å². The zero-order valence-corrected chi connectivity index (χ0v) is 10.7. The van der Waals surface area contributed by atoms with Crippen LogP contribution in [0.25, 0.3) is 0 Å². The van der Waals surface area contributed by atoms with Crippen LogP contribution in [0.5, 0.6) is 0 Å². The highest BCUT2D eigenvalue weighted by molar-refractivity contribution is 7.99. The molecule has 0 saturated heterocycles. The third kappa shape index (κ3) is 2.65. The quantitative estimate of drug-likeness (QED) is 0.894. The van der Waals surface area contributed by atoms with Gasteiger partial charge in [0.15, 0.2) is 0 Å². The lowest BCUT2D eigenvalue weighted by Crippen LogP contribution is -2.17. The van der Waals surface area contributed by atoms with Crippen molar-refractivity contribution in [1.82, 2.24) is 0 Å². The van der Waals surface area contributed by atoms with Gasteiger partial charge in [0.1, 0.15) is 0 Å². The Morgan fingerprint density at radius 1 is 1.44 bits per heavy atom. The van der Waals surface area contributed by atoms with Crippen molar-refractivity contribution in [3.63, 3.8) is 0 Å². The minimum absolute atomic E-state index is 0.187. The first kappa shape index (κ1) is 12.1.